The third-order valence-corrected chi connectivity index (χ3v) is 2.74. The quantitative estimate of drug-likeness (QED) is 0.645. The first-order chi connectivity index (χ1) is 9.01. The summed E-state index contributed by atoms with van der Waals surface area (Å²) < 4.78 is 0. The van der Waals surface area contributed by atoms with Crippen LogP contribution in [0.15, 0.2) is 6.07 Å². The summed E-state index contributed by atoms with van der Waals surface area (Å²) in [6, 6.07) is 1.94. The number of rotatable bonds is 8. The van der Waals surface area contributed by atoms with Crippen molar-refractivity contribution in [1.29, 1.82) is 0 Å². The summed E-state index contributed by atoms with van der Waals surface area (Å²) in [4.78, 5) is 10.9. The first kappa shape index (κ1) is 15.7. The second-order valence-electron chi connectivity index (χ2n) is 5.14. The standard InChI is InChI=1S/C13H26N6/c1-10(8-14)9-16-13-7-12(17-11(2)18-13)15-5-6-19(3)4/h7,10H,5-6,8-9,14H2,1-4H3,(H2,15,16,17,18). The van der Waals surface area contributed by atoms with Gasteiger partial charge in [-0.1, -0.05) is 6.92 Å². The number of nitrogens with two attached hydrogens (primary N) is 1. The Kier molecular flexibility index (Phi) is 6.52. The van der Waals surface area contributed by atoms with E-state index in [4.69, 9.17) is 5.73 Å². The van der Waals surface area contributed by atoms with Gasteiger partial charge in [0.25, 0.3) is 0 Å². The van der Waals surface area contributed by atoms with Crippen molar-refractivity contribution < 1.29 is 0 Å². The molecule has 0 radical (unpaired) electrons. The first-order valence-electron chi connectivity index (χ1n) is 6.69. The lowest BCUT2D eigenvalue weighted by molar-refractivity contribution is 0.425. The van der Waals surface area contributed by atoms with Crippen LogP contribution in [0.4, 0.5) is 11.6 Å². The highest BCUT2D eigenvalue weighted by atomic mass is 15.1. The van der Waals surface area contributed by atoms with Crippen LogP contribution in [0.25, 0.3) is 0 Å². The first-order valence-corrected chi connectivity index (χ1v) is 6.69. The van der Waals surface area contributed by atoms with E-state index in [0.717, 1.165) is 37.1 Å². The van der Waals surface area contributed by atoms with E-state index < -0.39 is 0 Å². The fourth-order valence-corrected chi connectivity index (χ4v) is 1.52. The lowest BCUT2D eigenvalue weighted by atomic mass is 10.2. The van der Waals surface area contributed by atoms with Gasteiger partial charge in [0.2, 0.25) is 0 Å². The number of hydrogen-bond donors (Lipinski definition) is 3. The largest absolute Gasteiger partial charge is 0.370 e. The molecule has 1 unspecified atom stereocenters. The third-order valence-electron chi connectivity index (χ3n) is 2.74. The summed E-state index contributed by atoms with van der Waals surface area (Å²) in [5, 5.41) is 6.60. The molecule has 1 aromatic heterocycles. The maximum atomic E-state index is 5.60. The molecule has 1 aromatic rings. The SMILES string of the molecule is Cc1nc(NCCN(C)C)cc(NCC(C)CN)n1. The monoisotopic (exact) mass is 266 g/mol. The van der Waals surface area contributed by atoms with E-state index in [1.54, 1.807) is 0 Å². The molecule has 0 aliphatic rings. The van der Waals surface area contributed by atoms with Crippen LogP contribution in [-0.2, 0) is 0 Å². The Bertz CT molecular complexity index is 379. The molecule has 0 aliphatic carbocycles. The molecule has 108 valence electrons. The Balaban J connectivity index is 2.55. The van der Waals surface area contributed by atoms with Crippen molar-refractivity contribution in [3.05, 3.63) is 11.9 Å². The van der Waals surface area contributed by atoms with Crippen molar-refractivity contribution in [1.82, 2.24) is 14.9 Å². The summed E-state index contributed by atoms with van der Waals surface area (Å²) in [7, 11) is 4.10. The maximum Gasteiger partial charge on any atom is 0.131 e. The molecule has 0 amide bonds. The number of aryl methyl sites for hydroxylation is 1. The van der Waals surface area contributed by atoms with Gasteiger partial charge in [0.05, 0.1) is 0 Å². The van der Waals surface area contributed by atoms with E-state index in [1.807, 2.05) is 27.1 Å². The maximum absolute atomic E-state index is 5.60. The normalized spacial score (nSPS) is 12.5. The zero-order chi connectivity index (χ0) is 14.3. The average molecular weight is 266 g/mol. The van der Waals surface area contributed by atoms with Crippen molar-refractivity contribution in [2.75, 3.05) is 50.9 Å². The minimum atomic E-state index is 0.431. The predicted octanol–water partition coefficient (Wildman–Crippen LogP) is 0.765. The summed E-state index contributed by atoms with van der Waals surface area (Å²) in [6.45, 7) is 7.33. The molecule has 1 atom stereocenters. The van der Waals surface area contributed by atoms with Gasteiger partial charge in [0, 0.05) is 25.7 Å². The summed E-state index contributed by atoms with van der Waals surface area (Å²) in [6.07, 6.45) is 0. The van der Waals surface area contributed by atoms with Gasteiger partial charge in [-0.25, -0.2) is 9.97 Å². The van der Waals surface area contributed by atoms with E-state index >= 15 is 0 Å². The van der Waals surface area contributed by atoms with Crippen molar-refractivity contribution in [2.24, 2.45) is 11.7 Å². The zero-order valence-electron chi connectivity index (χ0n) is 12.4. The van der Waals surface area contributed by atoms with E-state index in [9.17, 15) is 0 Å². The molecule has 0 saturated heterocycles. The molecular formula is C13H26N6. The van der Waals surface area contributed by atoms with E-state index in [2.05, 4.69) is 32.4 Å². The lowest BCUT2D eigenvalue weighted by Gasteiger charge is -2.14. The zero-order valence-corrected chi connectivity index (χ0v) is 12.4. The van der Waals surface area contributed by atoms with Crippen molar-refractivity contribution in [2.45, 2.75) is 13.8 Å². The molecule has 0 aliphatic heterocycles. The molecule has 6 nitrogen and oxygen atoms in total. The molecule has 0 bridgehead atoms. The number of likely N-dealkylation sites (N-methyl/N-ethyl adjacent to an activating group) is 1. The highest BCUT2D eigenvalue weighted by Crippen LogP contribution is 2.11. The fraction of sp³-hybridized carbons (Fsp3) is 0.692. The van der Waals surface area contributed by atoms with Gasteiger partial charge in [-0.2, -0.15) is 0 Å². The minimum absolute atomic E-state index is 0.431. The smallest absolute Gasteiger partial charge is 0.131 e. The molecule has 6 heteroatoms. The Morgan fingerprint density at radius 3 is 2.47 bits per heavy atom. The molecule has 19 heavy (non-hydrogen) atoms. The molecule has 0 saturated carbocycles. The van der Waals surface area contributed by atoms with Gasteiger partial charge in [-0.15, -0.1) is 0 Å². The average Bonchev–Trinajstić information content (AvgIpc) is 2.35. The minimum Gasteiger partial charge on any atom is -0.370 e. The number of anilines is 2. The Hall–Kier alpha value is -1.40. The highest BCUT2D eigenvalue weighted by Gasteiger charge is 2.03. The fourth-order valence-electron chi connectivity index (χ4n) is 1.52. The van der Waals surface area contributed by atoms with Gasteiger partial charge in [-0.05, 0) is 33.5 Å². The van der Waals surface area contributed by atoms with Gasteiger partial charge in [-0.3, -0.25) is 0 Å². The van der Waals surface area contributed by atoms with Gasteiger partial charge < -0.3 is 21.3 Å². The van der Waals surface area contributed by atoms with Crippen molar-refractivity contribution in [3.63, 3.8) is 0 Å². The van der Waals surface area contributed by atoms with Crippen LogP contribution in [0.1, 0.15) is 12.7 Å². The van der Waals surface area contributed by atoms with E-state index in [0.29, 0.717) is 12.5 Å². The van der Waals surface area contributed by atoms with Crippen LogP contribution in [0.2, 0.25) is 0 Å². The molecule has 1 heterocycles. The van der Waals surface area contributed by atoms with Gasteiger partial charge in [0.15, 0.2) is 0 Å². The number of aromatic nitrogens is 2. The third kappa shape index (κ3) is 6.35. The Morgan fingerprint density at radius 1 is 1.26 bits per heavy atom. The highest BCUT2D eigenvalue weighted by molar-refractivity contribution is 5.47. The molecule has 1 rings (SSSR count). The van der Waals surface area contributed by atoms with Gasteiger partial charge >= 0.3 is 0 Å². The predicted molar refractivity (Wildman–Crippen MR) is 80.5 cm³/mol. The molecule has 0 aromatic carbocycles. The summed E-state index contributed by atoms with van der Waals surface area (Å²) in [5.41, 5.74) is 5.60. The number of nitrogens with zero attached hydrogens (tertiary/aromatic N) is 3. The second-order valence-corrected chi connectivity index (χ2v) is 5.14. The molecule has 4 N–H and O–H groups in total. The van der Waals surface area contributed by atoms with E-state index in [-0.39, 0.29) is 0 Å². The second kappa shape index (κ2) is 7.91. The number of hydrogen-bond acceptors (Lipinski definition) is 6. The van der Waals surface area contributed by atoms with Crippen LogP contribution < -0.4 is 16.4 Å². The summed E-state index contributed by atoms with van der Waals surface area (Å²) >= 11 is 0. The molecular weight excluding hydrogens is 240 g/mol. The van der Waals surface area contributed by atoms with Crippen molar-refractivity contribution >= 4 is 11.6 Å². The summed E-state index contributed by atoms with van der Waals surface area (Å²) in [5.74, 6) is 2.90. The number of nitrogens with one attached hydrogen (secondary N) is 2. The van der Waals surface area contributed by atoms with Crippen LogP contribution in [-0.4, -0.2) is 55.1 Å². The molecule has 0 spiro atoms. The lowest BCUT2D eigenvalue weighted by Crippen LogP contribution is -2.22. The van der Waals surface area contributed by atoms with Crippen LogP contribution >= 0.6 is 0 Å². The van der Waals surface area contributed by atoms with Crippen LogP contribution in [0.5, 0.6) is 0 Å². The van der Waals surface area contributed by atoms with Crippen LogP contribution in [0.3, 0.4) is 0 Å². The van der Waals surface area contributed by atoms with Gasteiger partial charge in [0.1, 0.15) is 17.5 Å². The Labute approximate surface area is 115 Å². The van der Waals surface area contributed by atoms with Crippen molar-refractivity contribution in [3.8, 4) is 0 Å². The van der Waals surface area contributed by atoms with Crippen LogP contribution in [0, 0.1) is 12.8 Å². The van der Waals surface area contributed by atoms with E-state index in [1.165, 1.54) is 0 Å². The molecule has 0 fully saturated rings. The topological polar surface area (TPSA) is 79.1 Å². The Morgan fingerprint density at radius 2 is 1.89 bits per heavy atom.